The fourth-order valence-electron chi connectivity index (χ4n) is 2.11. The summed E-state index contributed by atoms with van der Waals surface area (Å²) in [4.78, 5) is 32.2. The van der Waals surface area contributed by atoms with Gasteiger partial charge in [0.25, 0.3) is 0 Å². The molecule has 0 aliphatic heterocycles. The molecular formula is C17H10O6. The number of rotatable bonds is 3. The first kappa shape index (κ1) is 15.8. The fourth-order valence-corrected chi connectivity index (χ4v) is 2.11. The number of terminal acetylenes is 1. The lowest BCUT2D eigenvalue weighted by atomic mass is 10.1. The number of carboxylic acid groups (broad SMARTS) is 3. The van der Waals surface area contributed by atoms with Crippen LogP contribution in [0.4, 0.5) is 0 Å². The molecule has 3 rings (SSSR count). The Morgan fingerprint density at radius 1 is 0.783 bits per heavy atom. The lowest BCUT2D eigenvalue weighted by Gasteiger charge is -1.97. The molecule has 0 bridgehead atoms. The van der Waals surface area contributed by atoms with Crippen LogP contribution >= 0.6 is 0 Å². The van der Waals surface area contributed by atoms with Crippen molar-refractivity contribution in [3.63, 3.8) is 0 Å². The van der Waals surface area contributed by atoms with Crippen molar-refractivity contribution < 1.29 is 29.7 Å². The first-order chi connectivity index (χ1) is 10.9. The lowest BCUT2D eigenvalue weighted by molar-refractivity contribution is 0.0637. The van der Waals surface area contributed by atoms with E-state index in [-0.39, 0.29) is 11.1 Å². The Labute approximate surface area is 130 Å². The highest BCUT2D eigenvalue weighted by Crippen LogP contribution is 2.45. The van der Waals surface area contributed by atoms with Crippen LogP contribution in [0.15, 0.2) is 36.4 Å². The number of hydrogen-bond acceptors (Lipinski definition) is 3. The third-order valence-corrected chi connectivity index (χ3v) is 3.12. The number of hydrogen-bond donors (Lipinski definition) is 3. The molecule has 0 unspecified atom stereocenters. The summed E-state index contributed by atoms with van der Waals surface area (Å²) in [5.74, 6) is -1.86. The van der Waals surface area contributed by atoms with Crippen LogP contribution in [0.25, 0.3) is 11.1 Å². The third kappa shape index (κ3) is 3.04. The van der Waals surface area contributed by atoms with Crippen molar-refractivity contribution in [1.29, 1.82) is 0 Å². The first-order valence-electron chi connectivity index (χ1n) is 6.31. The van der Waals surface area contributed by atoms with E-state index in [2.05, 4.69) is 5.92 Å². The molecule has 0 aromatic heterocycles. The highest BCUT2D eigenvalue weighted by atomic mass is 16.4. The monoisotopic (exact) mass is 310 g/mol. The van der Waals surface area contributed by atoms with E-state index in [4.69, 9.17) is 21.7 Å². The zero-order valence-corrected chi connectivity index (χ0v) is 11.6. The summed E-state index contributed by atoms with van der Waals surface area (Å²) in [5.41, 5.74) is -0.158. The van der Waals surface area contributed by atoms with Crippen molar-refractivity contribution in [2.45, 2.75) is 0 Å². The number of carbonyl (C=O) groups is 3. The summed E-state index contributed by atoms with van der Waals surface area (Å²) < 4.78 is 0. The van der Waals surface area contributed by atoms with Crippen molar-refractivity contribution in [3.05, 3.63) is 58.7 Å². The summed E-state index contributed by atoms with van der Waals surface area (Å²) >= 11 is 0. The van der Waals surface area contributed by atoms with E-state index in [1.54, 1.807) is 0 Å². The van der Waals surface area contributed by atoms with E-state index in [0.29, 0.717) is 0 Å². The maximum Gasteiger partial charge on any atom is 0.337 e. The molecule has 0 spiro atoms. The average Bonchev–Trinajstić information content (AvgIpc) is 3.20. The van der Waals surface area contributed by atoms with E-state index in [9.17, 15) is 14.4 Å². The Balaban J connectivity index is 0.000000203. The Hall–Kier alpha value is -3.59. The topological polar surface area (TPSA) is 112 Å². The van der Waals surface area contributed by atoms with Crippen molar-refractivity contribution >= 4 is 17.9 Å². The Bertz CT molecular complexity index is 821. The predicted octanol–water partition coefficient (Wildman–Crippen LogP) is 2.43. The van der Waals surface area contributed by atoms with Crippen LogP contribution < -0.4 is 0 Å². The molecular weight excluding hydrogens is 300 g/mol. The molecule has 0 heterocycles. The molecule has 3 N–H and O–H groups in total. The molecule has 0 saturated heterocycles. The summed E-state index contributed by atoms with van der Waals surface area (Å²) in [6.07, 6.45) is 5.10. The minimum Gasteiger partial charge on any atom is -0.478 e. The van der Waals surface area contributed by atoms with E-state index in [0.717, 1.165) is 5.56 Å². The maximum atomic E-state index is 10.8. The number of benzene rings is 2. The van der Waals surface area contributed by atoms with Gasteiger partial charge in [0.15, 0.2) is 0 Å². The van der Waals surface area contributed by atoms with Gasteiger partial charge in [-0.25, -0.2) is 14.4 Å². The van der Waals surface area contributed by atoms with Crippen LogP contribution in [0.1, 0.15) is 36.6 Å². The lowest BCUT2D eigenvalue weighted by Crippen LogP contribution is -2.10. The second kappa shape index (κ2) is 6.03. The SMILES string of the molecule is C#Cc1ccccc1.O=C(O)c1c2cc-2c(C(=O)O)c1C(=O)O. The van der Waals surface area contributed by atoms with Crippen LogP contribution in [0.2, 0.25) is 0 Å². The van der Waals surface area contributed by atoms with Gasteiger partial charge in [-0.2, -0.15) is 0 Å². The van der Waals surface area contributed by atoms with Gasteiger partial charge in [0, 0.05) is 5.56 Å². The normalized spacial score (nSPS) is 9.87. The largest absolute Gasteiger partial charge is 0.478 e. The molecule has 23 heavy (non-hydrogen) atoms. The van der Waals surface area contributed by atoms with Crippen molar-refractivity contribution in [2.75, 3.05) is 0 Å². The van der Waals surface area contributed by atoms with Gasteiger partial charge in [-0.1, -0.05) is 24.1 Å². The molecule has 0 atom stereocenters. The molecule has 1 aromatic rings. The molecule has 2 aliphatic rings. The van der Waals surface area contributed by atoms with Crippen LogP contribution in [-0.4, -0.2) is 33.2 Å². The predicted molar refractivity (Wildman–Crippen MR) is 80.7 cm³/mol. The number of carboxylic acids is 3. The molecule has 6 nitrogen and oxygen atoms in total. The van der Waals surface area contributed by atoms with Gasteiger partial charge >= 0.3 is 17.9 Å². The Morgan fingerprint density at radius 3 is 1.52 bits per heavy atom. The molecule has 0 radical (unpaired) electrons. The number of aromatic carboxylic acids is 3. The zero-order valence-electron chi connectivity index (χ0n) is 11.6. The van der Waals surface area contributed by atoms with Crippen LogP contribution in [0, 0.1) is 12.3 Å². The van der Waals surface area contributed by atoms with Crippen molar-refractivity contribution in [3.8, 4) is 23.5 Å². The Kier molecular flexibility index (Phi) is 4.14. The Morgan fingerprint density at radius 2 is 1.22 bits per heavy atom. The quantitative estimate of drug-likeness (QED) is 0.640. The van der Waals surface area contributed by atoms with E-state index in [1.165, 1.54) is 6.07 Å². The first-order valence-corrected chi connectivity index (χ1v) is 6.31. The molecule has 0 saturated carbocycles. The molecule has 2 aliphatic carbocycles. The molecule has 0 amide bonds. The van der Waals surface area contributed by atoms with Crippen LogP contribution in [0.3, 0.4) is 0 Å². The summed E-state index contributed by atoms with van der Waals surface area (Å²) in [7, 11) is 0. The smallest absolute Gasteiger partial charge is 0.337 e. The van der Waals surface area contributed by atoms with Gasteiger partial charge in [-0.3, -0.25) is 0 Å². The van der Waals surface area contributed by atoms with Gasteiger partial charge < -0.3 is 15.3 Å². The van der Waals surface area contributed by atoms with Gasteiger partial charge in [0.2, 0.25) is 0 Å². The highest BCUT2D eigenvalue weighted by Gasteiger charge is 2.39. The van der Waals surface area contributed by atoms with Crippen LogP contribution in [0.5, 0.6) is 0 Å². The van der Waals surface area contributed by atoms with Crippen molar-refractivity contribution in [1.82, 2.24) is 0 Å². The zero-order chi connectivity index (χ0) is 17.1. The second-order valence-electron chi connectivity index (χ2n) is 4.52. The summed E-state index contributed by atoms with van der Waals surface area (Å²) in [6, 6.07) is 10.9. The van der Waals surface area contributed by atoms with E-state index < -0.39 is 34.6 Å². The molecule has 114 valence electrons. The highest BCUT2D eigenvalue weighted by molar-refractivity contribution is 6.21. The summed E-state index contributed by atoms with van der Waals surface area (Å²) in [5, 5.41) is 26.2. The van der Waals surface area contributed by atoms with E-state index >= 15 is 0 Å². The molecule has 6 heteroatoms. The summed E-state index contributed by atoms with van der Waals surface area (Å²) in [6.45, 7) is 0. The van der Waals surface area contributed by atoms with E-state index in [1.807, 2.05) is 30.3 Å². The number of fused-ring (bicyclic) bond motifs is 1. The third-order valence-electron chi connectivity index (χ3n) is 3.12. The van der Waals surface area contributed by atoms with Gasteiger partial charge in [0.05, 0.1) is 16.7 Å². The molecule has 1 aromatic carbocycles. The van der Waals surface area contributed by atoms with Gasteiger partial charge in [0.1, 0.15) is 0 Å². The fraction of sp³-hybridized carbons (Fsp3) is 0. The second-order valence-corrected chi connectivity index (χ2v) is 4.52. The minimum atomic E-state index is -1.54. The average molecular weight is 310 g/mol. The van der Waals surface area contributed by atoms with Gasteiger partial charge in [-0.05, 0) is 29.3 Å². The molecule has 0 fully saturated rings. The van der Waals surface area contributed by atoms with Gasteiger partial charge in [-0.15, -0.1) is 6.42 Å². The van der Waals surface area contributed by atoms with Crippen LogP contribution in [-0.2, 0) is 0 Å². The minimum absolute atomic E-state index is 0.206. The maximum absolute atomic E-state index is 10.8. The standard InChI is InChI=1S/C9H4O6.C8H6/c10-7(11)4-2-1-3(2)5(8(12)13)6(4)9(14)15;1-2-8-6-4-3-5-7-8/h1H,(H,10,11)(H,12,13)(H,14,15);1,3-7H. The van der Waals surface area contributed by atoms with Crippen molar-refractivity contribution in [2.24, 2.45) is 0 Å².